The molecule has 4 heteroatoms. The standard InChI is InChI=1S/C15H17N3O/c1-4-19-15-9-12(5-6-13(15)10-16)14-7-8-17-18(14)11(2)3/h5-9,11H,4H2,1-3H3. The van der Waals surface area contributed by atoms with E-state index >= 15 is 0 Å². The van der Waals surface area contributed by atoms with Gasteiger partial charge in [0.05, 0.1) is 17.9 Å². The molecule has 1 aromatic heterocycles. The van der Waals surface area contributed by atoms with Crippen LogP contribution in [-0.4, -0.2) is 16.4 Å². The molecule has 0 radical (unpaired) electrons. The lowest BCUT2D eigenvalue weighted by Crippen LogP contribution is -2.04. The number of hydrogen-bond acceptors (Lipinski definition) is 3. The SMILES string of the molecule is CCOc1cc(-c2ccnn2C(C)C)ccc1C#N. The van der Waals surface area contributed by atoms with E-state index in [0.29, 0.717) is 17.9 Å². The minimum atomic E-state index is 0.288. The van der Waals surface area contributed by atoms with E-state index in [9.17, 15) is 0 Å². The van der Waals surface area contributed by atoms with Gasteiger partial charge >= 0.3 is 0 Å². The first-order chi connectivity index (χ1) is 9.17. The summed E-state index contributed by atoms with van der Waals surface area (Å²) in [7, 11) is 0. The molecule has 0 N–H and O–H groups in total. The van der Waals surface area contributed by atoms with Crippen molar-refractivity contribution in [3.05, 3.63) is 36.0 Å². The summed E-state index contributed by atoms with van der Waals surface area (Å²) in [5.41, 5.74) is 2.59. The Bertz CT molecular complexity index is 608. The Hall–Kier alpha value is -2.28. The maximum Gasteiger partial charge on any atom is 0.137 e. The van der Waals surface area contributed by atoms with E-state index in [-0.39, 0.29) is 6.04 Å². The molecule has 0 saturated heterocycles. The van der Waals surface area contributed by atoms with Crippen LogP contribution >= 0.6 is 0 Å². The summed E-state index contributed by atoms with van der Waals surface area (Å²) in [5.74, 6) is 0.624. The van der Waals surface area contributed by atoms with Gasteiger partial charge in [0.25, 0.3) is 0 Å². The lowest BCUT2D eigenvalue weighted by atomic mass is 10.1. The van der Waals surface area contributed by atoms with Crippen LogP contribution in [0.4, 0.5) is 0 Å². The molecular formula is C15H17N3O. The fraction of sp³-hybridized carbons (Fsp3) is 0.333. The molecular weight excluding hydrogens is 238 g/mol. The number of aromatic nitrogens is 2. The second kappa shape index (κ2) is 5.57. The molecule has 0 spiro atoms. The van der Waals surface area contributed by atoms with Crippen molar-refractivity contribution >= 4 is 0 Å². The van der Waals surface area contributed by atoms with Crippen LogP contribution in [0.5, 0.6) is 5.75 Å². The van der Waals surface area contributed by atoms with Crippen molar-refractivity contribution in [2.24, 2.45) is 0 Å². The lowest BCUT2D eigenvalue weighted by Gasteiger charge is -2.12. The second-order valence-electron chi connectivity index (χ2n) is 4.51. The second-order valence-corrected chi connectivity index (χ2v) is 4.51. The molecule has 0 fully saturated rings. The van der Waals surface area contributed by atoms with Gasteiger partial charge in [0.2, 0.25) is 0 Å². The van der Waals surface area contributed by atoms with Crippen LogP contribution in [-0.2, 0) is 0 Å². The number of benzene rings is 1. The first-order valence-corrected chi connectivity index (χ1v) is 6.38. The molecule has 0 saturated carbocycles. The van der Waals surface area contributed by atoms with E-state index in [1.54, 1.807) is 12.3 Å². The molecule has 98 valence electrons. The van der Waals surface area contributed by atoms with E-state index < -0.39 is 0 Å². The summed E-state index contributed by atoms with van der Waals surface area (Å²) in [5, 5.41) is 13.4. The molecule has 0 amide bonds. The third-order valence-corrected chi connectivity index (χ3v) is 2.86. The maximum absolute atomic E-state index is 9.06. The quantitative estimate of drug-likeness (QED) is 0.841. The number of ether oxygens (including phenoxy) is 1. The third kappa shape index (κ3) is 2.60. The number of rotatable bonds is 4. The fourth-order valence-electron chi connectivity index (χ4n) is 2.00. The Morgan fingerprint density at radius 1 is 1.37 bits per heavy atom. The Labute approximate surface area is 113 Å². The summed E-state index contributed by atoms with van der Waals surface area (Å²) in [4.78, 5) is 0. The molecule has 2 rings (SSSR count). The van der Waals surface area contributed by atoms with E-state index in [4.69, 9.17) is 10.00 Å². The zero-order chi connectivity index (χ0) is 13.8. The lowest BCUT2D eigenvalue weighted by molar-refractivity contribution is 0.339. The zero-order valence-corrected chi connectivity index (χ0v) is 11.4. The number of hydrogen-bond donors (Lipinski definition) is 0. The van der Waals surface area contributed by atoms with Crippen molar-refractivity contribution in [3.8, 4) is 23.1 Å². The highest BCUT2D eigenvalue weighted by atomic mass is 16.5. The fourth-order valence-corrected chi connectivity index (χ4v) is 2.00. The van der Waals surface area contributed by atoms with Crippen LogP contribution in [0.15, 0.2) is 30.5 Å². The molecule has 19 heavy (non-hydrogen) atoms. The largest absolute Gasteiger partial charge is 0.492 e. The average molecular weight is 255 g/mol. The topological polar surface area (TPSA) is 50.8 Å². The van der Waals surface area contributed by atoms with Crippen LogP contribution in [0.2, 0.25) is 0 Å². The van der Waals surface area contributed by atoms with Gasteiger partial charge < -0.3 is 4.74 Å². The number of nitriles is 1. The first kappa shape index (κ1) is 13.2. The van der Waals surface area contributed by atoms with Gasteiger partial charge in [0, 0.05) is 17.8 Å². The van der Waals surface area contributed by atoms with Crippen molar-refractivity contribution in [3.63, 3.8) is 0 Å². The van der Waals surface area contributed by atoms with Gasteiger partial charge in [-0.1, -0.05) is 6.07 Å². The molecule has 0 atom stereocenters. The van der Waals surface area contributed by atoms with Gasteiger partial charge in [0.15, 0.2) is 0 Å². The van der Waals surface area contributed by atoms with Crippen molar-refractivity contribution in [1.29, 1.82) is 5.26 Å². The summed E-state index contributed by atoms with van der Waals surface area (Å²) in [6, 6.07) is 10.0. The van der Waals surface area contributed by atoms with Gasteiger partial charge in [-0.3, -0.25) is 4.68 Å². The highest BCUT2D eigenvalue weighted by Crippen LogP contribution is 2.28. The summed E-state index contributed by atoms with van der Waals surface area (Å²) < 4.78 is 7.47. The Kier molecular flexibility index (Phi) is 3.86. The van der Waals surface area contributed by atoms with Gasteiger partial charge in [0.1, 0.15) is 11.8 Å². The average Bonchev–Trinajstić information content (AvgIpc) is 2.88. The predicted octanol–water partition coefficient (Wildman–Crippen LogP) is 3.40. The van der Waals surface area contributed by atoms with Gasteiger partial charge in [-0.15, -0.1) is 0 Å². The Morgan fingerprint density at radius 3 is 2.79 bits per heavy atom. The van der Waals surface area contributed by atoms with E-state index in [0.717, 1.165) is 11.3 Å². The van der Waals surface area contributed by atoms with Crippen LogP contribution in [0.25, 0.3) is 11.3 Å². The molecule has 1 aromatic carbocycles. The van der Waals surface area contributed by atoms with Crippen molar-refractivity contribution < 1.29 is 4.74 Å². The first-order valence-electron chi connectivity index (χ1n) is 6.38. The monoisotopic (exact) mass is 255 g/mol. The van der Waals surface area contributed by atoms with Gasteiger partial charge in [-0.05, 0) is 39.0 Å². The minimum Gasteiger partial charge on any atom is -0.492 e. The normalized spacial score (nSPS) is 10.5. The molecule has 0 bridgehead atoms. The van der Waals surface area contributed by atoms with Gasteiger partial charge in [-0.25, -0.2) is 0 Å². The molecule has 1 heterocycles. The van der Waals surface area contributed by atoms with Crippen LogP contribution in [0.3, 0.4) is 0 Å². The minimum absolute atomic E-state index is 0.288. The Balaban J connectivity index is 2.48. The zero-order valence-electron chi connectivity index (χ0n) is 11.4. The highest BCUT2D eigenvalue weighted by molar-refractivity contribution is 5.64. The molecule has 0 aliphatic rings. The van der Waals surface area contributed by atoms with Gasteiger partial charge in [-0.2, -0.15) is 10.4 Å². The maximum atomic E-state index is 9.06. The Morgan fingerprint density at radius 2 is 2.16 bits per heavy atom. The molecule has 2 aromatic rings. The number of nitrogens with zero attached hydrogens (tertiary/aromatic N) is 3. The van der Waals surface area contributed by atoms with E-state index in [1.165, 1.54) is 0 Å². The summed E-state index contributed by atoms with van der Waals surface area (Å²) in [6.07, 6.45) is 1.79. The van der Waals surface area contributed by atoms with Crippen molar-refractivity contribution in [2.45, 2.75) is 26.8 Å². The smallest absolute Gasteiger partial charge is 0.137 e. The highest BCUT2D eigenvalue weighted by Gasteiger charge is 2.11. The van der Waals surface area contributed by atoms with Crippen molar-refractivity contribution in [1.82, 2.24) is 9.78 Å². The predicted molar refractivity (Wildman–Crippen MR) is 73.9 cm³/mol. The summed E-state index contributed by atoms with van der Waals surface area (Å²) in [6.45, 7) is 6.63. The summed E-state index contributed by atoms with van der Waals surface area (Å²) >= 11 is 0. The molecule has 0 aliphatic heterocycles. The van der Waals surface area contributed by atoms with Crippen LogP contribution in [0, 0.1) is 11.3 Å². The molecule has 0 aliphatic carbocycles. The molecule has 0 unspecified atom stereocenters. The van der Waals surface area contributed by atoms with Crippen LogP contribution < -0.4 is 4.74 Å². The molecule has 4 nitrogen and oxygen atoms in total. The van der Waals surface area contributed by atoms with E-state index in [2.05, 4.69) is 25.0 Å². The third-order valence-electron chi connectivity index (χ3n) is 2.86. The van der Waals surface area contributed by atoms with Crippen molar-refractivity contribution in [2.75, 3.05) is 6.61 Å². The van der Waals surface area contributed by atoms with E-state index in [1.807, 2.05) is 29.8 Å². The van der Waals surface area contributed by atoms with Crippen LogP contribution in [0.1, 0.15) is 32.4 Å².